The molecule has 0 atom stereocenters. The summed E-state index contributed by atoms with van der Waals surface area (Å²) < 4.78 is 1.49. The van der Waals surface area contributed by atoms with E-state index in [1.807, 2.05) is 30.3 Å². The van der Waals surface area contributed by atoms with Crippen LogP contribution >= 0.6 is 0 Å². The summed E-state index contributed by atoms with van der Waals surface area (Å²) in [6.07, 6.45) is 3.11. The number of nitrogens with zero attached hydrogens (tertiary/aromatic N) is 1. The Bertz CT molecular complexity index is 874. The molecule has 0 spiro atoms. The minimum Gasteiger partial charge on any atom is -0.477 e. The van der Waals surface area contributed by atoms with Crippen LogP contribution in [0.25, 0.3) is 0 Å². The molecule has 0 bridgehead atoms. The van der Waals surface area contributed by atoms with Gasteiger partial charge in [-0.2, -0.15) is 0 Å². The first-order valence-electron chi connectivity index (χ1n) is 7.92. The van der Waals surface area contributed by atoms with Crippen LogP contribution < -0.4 is 16.1 Å². The molecule has 2 rings (SSSR count). The monoisotopic (exact) mass is 357 g/mol. The molecule has 1 heterocycles. The Morgan fingerprint density at radius 2 is 1.73 bits per heavy atom. The summed E-state index contributed by atoms with van der Waals surface area (Å²) in [7, 11) is 1.41. The van der Waals surface area contributed by atoms with Gasteiger partial charge in [0.25, 0.3) is 5.91 Å². The van der Waals surface area contributed by atoms with Gasteiger partial charge in [0.1, 0.15) is 11.1 Å². The fourth-order valence-electron chi connectivity index (χ4n) is 2.32. The number of pyridine rings is 1. The lowest BCUT2D eigenvalue weighted by Crippen LogP contribution is -2.38. The van der Waals surface area contributed by atoms with Crippen molar-refractivity contribution in [1.29, 1.82) is 0 Å². The quantitative estimate of drug-likeness (QED) is 0.657. The van der Waals surface area contributed by atoms with E-state index in [0.717, 1.165) is 5.56 Å². The van der Waals surface area contributed by atoms with Gasteiger partial charge in [0.2, 0.25) is 11.3 Å². The third-order valence-corrected chi connectivity index (χ3v) is 3.74. The van der Waals surface area contributed by atoms with Gasteiger partial charge in [-0.25, -0.2) is 4.79 Å². The Morgan fingerprint density at radius 3 is 2.35 bits per heavy atom. The maximum Gasteiger partial charge on any atom is 0.341 e. The summed E-state index contributed by atoms with van der Waals surface area (Å²) in [5.74, 6) is -2.64. The van der Waals surface area contributed by atoms with Gasteiger partial charge in [0, 0.05) is 26.0 Å². The zero-order valence-corrected chi connectivity index (χ0v) is 14.2. The average Bonchev–Trinajstić information content (AvgIpc) is 2.65. The van der Waals surface area contributed by atoms with Crippen LogP contribution in [0.4, 0.5) is 0 Å². The van der Waals surface area contributed by atoms with Crippen molar-refractivity contribution in [2.45, 2.75) is 13.0 Å². The molecule has 8 heteroatoms. The minimum absolute atomic E-state index is 0.309. The molecule has 136 valence electrons. The number of carbonyl (C=O) groups excluding carboxylic acids is 2. The number of nitrogens with one attached hydrogen (secondary N) is 2. The largest absolute Gasteiger partial charge is 0.477 e. The number of amides is 2. The number of hydrogen-bond acceptors (Lipinski definition) is 4. The van der Waals surface area contributed by atoms with Crippen LogP contribution in [0.15, 0.2) is 47.5 Å². The molecule has 0 saturated heterocycles. The second kappa shape index (κ2) is 8.61. The van der Waals surface area contributed by atoms with Gasteiger partial charge in [0.15, 0.2) is 0 Å². The average molecular weight is 357 g/mol. The first-order valence-corrected chi connectivity index (χ1v) is 7.92. The molecule has 0 radical (unpaired) electrons. The number of carboxylic acid groups (broad SMARTS) is 1. The van der Waals surface area contributed by atoms with Gasteiger partial charge in [-0.15, -0.1) is 0 Å². The molecule has 2 aromatic rings. The van der Waals surface area contributed by atoms with Crippen molar-refractivity contribution < 1.29 is 19.5 Å². The zero-order chi connectivity index (χ0) is 19.1. The van der Waals surface area contributed by atoms with Crippen LogP contribution in [0.1, 0.15) is 26.3 Å². The summed E-state index contributed by atoms with van der Waals surface area (Å²) in [5, 5.41) is 13.9. The van der Waals surface area contributed by atoms with Crippen molar-refractivity contribution >= 4 is 17.8 Å². The molecule has 1 aromatic carbocycles. The van der Waals surface area contributed by atoms with Crippen molar-refractivity contribution in [2.24, 2.45) is 0 Å². The number of rotatable bonds is 7. The molecule has 0 saturated carbocycles. The smallest absolute Gasteiger partial charge is 0.341 e. The number of aromatic nitrogens is 1. The number of carbonyl (C=O) groups is 3. The Balaban J connectivity index is 2.27. The number of benzene rings is 1. The molecule has 0 aliphatic carbocycles. The molecule has 2 amide bonds. The van der Waals surface area contributed by atoms with Crippen molar-refractivity contribution in [3.8, 4) is 0 Å². The maximum atomic E-state index is 12.2. The summed E-state index contributed by atoms with van der Waals surface area (Å²) in [5.41, 5.74) is -0.663. The van der Waals surface area contributed by atoms with Crippen LogP contribution in [0.5, 0.6) is 0 Å². The van der Waals surface area contributed by atoms with E-state index in [9.17, 15) is 24.3 Å². The second-order valence-electron chi connectivity index (χ2n) is 5.55. The first-order chi connectivity index (χ1) is 12.4. The van der Waals surface area contributed by atoms with E-state index in [2.05, 4.69) is 10.6 Å². The number of likely N-dealkylation sites (N-methyl/N-ethyl adjacent to an activating group) is 1. The lowest BCUT2D eigenvalue weighted by Gasteiger charge is -2.11. The fraction of sp³-hybridized carbons (Fsp3) is 0.222. The van der Waals surface area contributed by atoms with Gasteiger partial charge < -0.3 is 20.3 Å². The molecule has 8 nitrogen and oxygen atoms in total. The normalized spacial score (nSPS) is 10.2. The van der Waals surface area contributed by atoms with Gasteiger partial charge in [-0.05, 0) is 12.0 Å². The van der Waals surface area contributed by atoms with Crippen LogP contribution in [0, 0.1) is 0 Å². The van der Waals surface area contributed by atoms with Gasteiger partial charge in [-0.1, -0.05) is 30.3 Å². The van der Waals surface area contributed by atoms with Crippen molar-refractivity contribution in [3.63, 3.8) is 0 Å². The van der Waals surface area contributed by atoms with Crippen molar-refractivity contribution in [3.05, 3.63) is 69.6 Å². The summed E-state index contributed by atoms with van der Waals surface area (Å²) >= 11 is 0. The van der Waals surface area contributed by atoms with Crippen molar-refractivity contribution in [1.82, 2.24) is 15.2 Å². The van der Waals surface area contributed by atoms with E-state index in [1.54, 1.807) is 0 Å². The highest BCUT2D eigenvalue weighted by Gasteiger charge is 2.19. The molecular formula is C18H19N3O5. The van der Waals surface area contributed by atoms with Crippen LogP contribution in [-0.4, -0.2) is 41.0 Å². The Morgan fingerprint density at radius 1 is 1.08 bits per heavy atom. The highest BCUT2D eigenvalue weighted by atomic mass is 16.4. The second-order valence-corrected chi connectivity index (χ2v) is 5.55. The predicted octanol–water partition coefficient (Wildman–Crippen LogP) is 0.265. The molecular weight excluding hydrogens is 338 g/mol. The minimum atomic E-state index is -1.41. The predicted molar refractivity (Wildman–Crippen MR) is 94.2 cm³/mol. The van der Waals surface area contributed by atoms with E-state index in [0.29, 0.717) is 13.0 Å². The molecule has 0 aliphatic rings. The van der Waals surface area contributed by atoms with E-state index >= 15 is 0 Å². The molecule has 0 unspecified atom stereocenters. The third kappa shape index (κ3) is 4.79. The van der Waals surface area contributed by atoms with Crippen LogP contribution in [0.3, 0.4) is 0 Å². The number of hydrogen-bond donors (Lipinski definition) is 3. The van der Waals surface area contributed by atoms with E-state index in [1.165, 1.54) is 24.0 Å². The Kier molecular flexibility index (Phi) is 6.26. The van der Waals surface area contributed by atoms with E-state index < -0.39 is 28.8 Å². The summed E-state index contributed by atoms with van der Waals surface area (Å²) in [6.45, 7) is 0.0797. The molecule has 0 aliphatic heterocycles. The third-order valence-electron chi connectivity index (χ3n) is 3.74. The van der Waals surface area contributed by atoms with Gasteiger partial charge >= 0.3 is 5.97 Å². The highest BCUT2D eigenvalue weighted by molar-refractivity contribution is 5.98. The first kappa shape index (κ1) is 18.9. The fourth-order valence-corrected chi connectivity index (χ4v) is 2.32. The summed E-state index contributed by atoms with van der Waals surface area (Å²) in [6, 6.07) is 9.53. The molecule has 0 fully saturated rings. The van der Waals surface area contributed by atoms with Crippen LogP contribution in [-0.2, 0) is 17.8 Å². The number of aromatic carboxylic acids is 1. The van der Waals surface area contributed by atoms with Crippen molar-refractivity contribution in [2.75, 3.05) is 13.6 Å². The van der Waals surface area contributed by atoms with Gasteiger partial charge in [-0.3, -0.25) is 14.4 Å². The maximum absolute atomic E-state index is 12.2. The number of aryl methyl sites for hydroxylation is 2. The van der Waals surface area contributed by atoms with E-state index in [-0.39, 0.29) is 12.1 Å². The van der Waals surface area contributed by atoms with Gasteiger partial charge in [0.05, 0.1) is 6.54 Å². The standard InChI is InChI=1S/C18H19N3O5/c1-19-15(22)9-20-17(24)13-10-21(11-14(16(13)23)18(25)26)8-7-12-5-3-2-4-6-12/h2-6,10-11H,7-9H2,1H3,(H,19,22)(H,20,24)(H,25,26). The summed E-state index contributed by atoms with van der Waals surface area (Å²) in [4.78, 5) is 47.0. The van der Waals surface area contributed by atoms with E-state index in [4.69, 9.17) is 0 Å². The molecule has 3 N–H and O–H groups in total. The number of carboxylic acids is 1. The topological polar surface area (TPSA) is 118 Å². The zero-order valence-electron chi connectivity index (χ0n) is 14.2. The lowest BCUT2D eigenvalue weighted by atomic mass is 10.1. The van der Waals surface area contributed by atoms with Crippen LogP contribution in [0.2, 0.25) is 0 Å². The SMILES string of the molecule is CNC(=O)CNC(=O)c1cn(CCc2ccccc2)cc(C(=O)O)c1=O. The lowest BCUT2D eigenvalue weighted by molar-refractivity contribution is -0.119. The molecule has 1 aromatic heterocycles. The Labute approximate surface area is 149 Å². The Hall–Kier alpha value is -3.42. The molecule has 26 heavy (non-hydrogen) atoms. The highest BCUT2D eigenvalue weighted by Crippen LogP contribution is 2.04.